The van der Waals surface area contributed by atoms with Crippen molar-refractivity contribution >= 4 is 15.9 Å². The van der Waals surface area contributed by atoms with Crippen molar-refractivity contribution in [3.05, 3.63) is 45.8 Å². The molecule has 2 aromatic rings. The van der Waals surface area contributed by atoms with Crippen LogP contribution < -0.4 is 0 Å². The molecular formula is C16H19BrN2O2. The van der Waals surface area contributed by atoms with Crippen LogP contribution in [0.15, 0.2) is 33.3 Å². The zero-order valence-corrected chi connectivity index (χ0v) is 13.6. The fourth-order valence-corrected chi connectivity index (χ4v) is 3.30. The summed E-state index contributed by atoms with van der Waals surface area (Å²) in [6.07, 6.45) is 3.11. The van der Waals surface area contributed by atoms with Crippen LogP contribution in [0.25, 0.3) is 0 Å². The summed E-state index contributed by atoms with van der Waals surface area (Å²) in [5.74, 6) is 1.29. The van der Waals surface area contributed by atoms with Gasteiger partial charge in [0.2, 0.25) is 0 Å². The van der Waals surface area contributed by atoms with Crippen LogP contribution in [0.1, 0.15) is 42.8 Å². The van der Waals surface area contributed by atoms with E-state index in [1.807, 2.05) is 12.1 Å². The predicted octanol–water partition coefficient (Wildman–Crippen LogP) is 4.04. The number of hydrogen-bond acceptors (Lipinski definition) is 4. The molecule has 0 amide bonds. The first kappa shape index (κ1) is 14.6. The third-order valence-electron chi connectivity index (χ3n) is 4.05. The van der Waals surface area contributed by atoms with E-state index in [1.165, 1.54) is 0 Å². The molecule has 112 valence electrons. The molecule has 5 heteroatoms. The van der Waals surface area contributed by atoms with Crippen LogP contribution in [-0.2, 0) is 13.0 Å². The lowest BCUT2D eigenvalue weighted by molar-refractivity contribution is 0.204. The maximum atomic E-state index is 10.0. The molecule has 2 heterocycles. The molecule has 0 saturated carbocycles. The third-order valence-corrected chi connectivity index (χ3v) is 4.54. The van der Waals surface area contributed by atoms with Gasteiger partial charge >= 0.3 is 0 Å². The van der Waals surface area contributed by atoms with Crippen LogP contribution >= 0.6 is 15.9 Å². The summed E-state index contributed by atoms with van der Waals surface area (Å²) in [5.41, 5.74) is 1.94. The summed E-state index contributed by atoms with van der Waals surface area (Å²) in [4.78, 5) is 2.35. The van der Waals surface area contributed by atoms with Crippen LogP contribution in [0.2, 0.25) is 0 Å². The molecule has 1 aromatic carbocycles. The van der Waals surface area contributed by atoms with E-state index < -0.39 is 0 Å². The average molecular weight is 351 g/mol. The number of rotatable bonds is 4. The van der Waals surface area contributed by atoms with Crippen molar-refractivity contribution in [2.75, 3.05) is 6.54 Å². The Labute approximate surface area is 132 Å². The molecule has 1 aliphatic heterocycles. The van der Waals surface area contributed by atoms with Gasteiger partial charge in [0.05, 0.1) is 11.7 Å². The van der Waals surface area contributed by atoms with E-state index in [0.29, 0.717) is 5.75 Å². The minimum atomic E-state index is 0.260. The number of likely N-dealkylation sites (tertiary alicyclic amines) is 1. The largest absolute Gasteiger partial charge is 0.508 e. The van der Waals surface area contributed by atoms with Gasteiger partial charge in [-0.1, -0.05) is 28.0 Å². The predicted molar refractivity (Wildman–Crippen MR) is 84.1 cm³/mol. The molecular weight excluding hydrogens is 332 g/mol. The number of hydrogen-bond donors (Lipinski definition) is 1. The Balaban J connectivity index is 1.79. The highest BCUT2D eigenvalue weighted by atomic mass is 79.9. The second kappa shape index (κ2) is 6.20. The number of aromatic hydroxyl groups is 1. The highest BCUT2D eigenvalue weighted by Crippen LogP contribution is 2.35. The van der Waals surface area contributed by atoms with Gasteiger partial charge in [-0.05, 0) is 44.0 Å². The number of halogens is 1. The lowest BCUT2D eigenvalue weighted by atomic mass is 10.1. The molecule has 1 fully saturated rings. The number of aromatic nitrogens is 1. The van der Waals surface area contributed by atoms with E-state index in [4.69, 9.17) is 4.52 Å². The Kier molecular flexibility index (Phi) is 4.31. The molecule has 1 aliphatic rings. The van der Waals surface area contributed by atoms with Gasteiger partial charge in [0.1, 0.15) is 5.75 Å². The number of phenolic OH excluding ortho intramolecular Hbond substituents is 1. The normalized spacial score (nSPS) is 19.2. The van der Waals surface area contributed by atoms with E-state index in [2.05, 4.69) is 39.0 Å². The number of aryl methyl sites for hydroxylation is 1. The maximum Gasteiger partial charge on any atom is 0.154 e. The van der Waals surface area contributed by atoms with Crippen LogP contribution in [0.5, 0.6) is 5.75 Å². The summed E-state index contributed by atoms with van der Waals surface area (Å²) < 4.78 is 6.48. The Bertz CT molecular complexity index is 626. The van der Waals surface area contributed by atoms with Gasteiger partial charge in [-0.2, -0.15) is 0 Å². The van der Waals surface area contributed by atoms with E-state index in [0.717, 1.165) is 53.8 Å². The first-order chi connectivity index (χ1) is 10.2. The van der Waals surface area contributed by atoms with Gasteiger partial charge in [0, 0.05) is 22.6 Å². The Morgan fingerprint density at radius 3 is 3.05 bits per heavy atom. The van der Waals surface area contributed by atoms with Gasteiger partial charge in [-0.25, -0.2) is 0 Å². The summed E-state index contributed by atoms with van der Waals surface area (Å²) in [6, 6.07) is 7.88. The summed E-state index contributed by atoms with van der Waals surface area (Å²) in [5, 5.41) is 14.1. The van der Waals surface area contributed by atoms with Crippen molar-refractivity contribution < 1.29 is 9.63 Å². The average Bonchev–Trinajstić information content (AvgIpc) is 3.11. The van der Waals surface area contributed by atoms with E-state index in [-0.39, 0.29) is 6.04 Å². The molecule has 1 N–H and O–H groups in total. The van der Waals surface area contributed by atoms with Crippen LogP contribution in [0.3, 0.4) is 0 Å². The molecule has 0 unspecified atom stereocenters. The molecule has 0 radical (unpaired) electrons. The second-order valence-electron chi connectivity index (χ2n) is 5.48. The van der Waals surface area contributed by atoms with Crippen molar-refractivity contribution in [2.24, 2.45) is 0 Å². The van der Waals surface area contributed by atoms with Crippen LogP contribution in [0.4, 0.5) is 0 Å². The monoisotopic (exact) mass is 350 g/mol. The molecule has 0 spiro atoms. The van der Waals surface area contributed by atoms with Gasteiger partial charge in [-0.15, -0.1) is 0 Å². The summed E-state index contributed by atoms with van der Waals surface area (Å²) in [7, 11) is 0. The fourth-order valence-electron chi connectivity index (χ4n) is 2.89. The van der Waals surface area contributed by atoms with Crippen molar-refractivity contribution in [1.82, 2.24) is 10.1 Å². The standard InChI is InChI=1S/C16H19BrN2O2/c1-2-13-9-16(21-18-13)14-4-3-7-19(14)10-11-8-12(17)5-6-15(11)20/h5-6,8-9,14,20H,2-4,7,10H2,1H3/t14-/m0/s1. The number of phenols is 1. The Hall–Kier alpha value is -1.33. The highest BCUT2D eigenvalue weighted by molar-refractivity contribution is 9.10. The number of benzene rings is 1. The second-order valence-corrected chi connectivity index (χ2v) is 6.39. The summed E-state index contributed by atoms with van der Waals surface area (Å²) >= 11 is 3.46. The van der Waals surface area contributed by atoms with E-state index >= 15 is 0 Å². The van der Waals surface area contributed by atoms with Crippen molar-refractivity contribution in [3.63, 3.8) is 0 Å². The summed E-state index contributed by atoms with van der Waals surface area (Å²) in [6.45, 7) is 3.81. The van der Waals surface area contributed by atoms with E-state index in [1.54, 1.807) is 6.07 Å². The maximum absolute atomic E-state index is 10.0. The molecule has 1 atom stereocenters. The van der Waals surface area contributed by atoms with Crippen molar-refractivity contribution in [1.29, 1.82) is 0 Å². The highest BCUT2D eigenvalue weighted by Gasteiger charge is 2.29. The first-order valence-electron chi connectivity index (χ1n) is 7.34. The minimum Gasteiger partial charge on any atom is -0.508 e. The third kappa shape index (κ3) is 3.14. The van der Waals surface area contributed by atoms with E-state index in [9.17, 15) is 5.11 Å². The van der Waals surface area contributed by atoms with Gasteiger partial charge in [0.25, 0.3) is 0 Å². The molecule has 3 rings (SSSR count). The fraction of sp³-hybridized carbons (Fsp3) is 0.438. The first-order valence-corrected chi connectivity index (χ1v) is 8.13. The van der Waals surface area contributed by atoms with Crippen molar-refractivity contribution in [3.8, 4) is 5.75 Å². The lowest BCUT2D eigenvalue weighted by Crippen LogP contribution is -2.22. The molecule has 1 aromatic heterocycles. The number of nitrogens with zero attached hydrogens (tertiary/aromatic N) is 2. The molecule has 0 bridgehead atoms. The molecule has 0 aliphatic carbocycles. The van der Waals surface area contributed by atoms with Crippen LogP contribution in [-0.4, -0.2) is 21.7 Å². The van der Waals surface area contributed by atoms with Gasteiger partial charge < -0.3 is 9.63 Å². The lowest BCUT2D eigenvalue weighted by Gasteiger charge is -2.22. The van der Waals surface area contributed by atoms with Crippen molar-refractivity contribution in [2.45, 2.75) is 38.8 Å². The van der Waals surface area contributed by atoms with Crippen LogP contribution in [0, 0.1) is 0 Å². The Morgan fingerprint density at radius 2 is 2.29 bits per heavy atom. The zero-order valence-electron chi connectivity index (χ0n) is 12.1. The smallest absolute Gasteiger partial charge is 0.154 e. The zero-order chi connectivity index (χ0) is 14.8. The van der Waals surface area contributed by atoms with Gasteiger partial charge in [0.15, 0.2) is 5.76 Å². The minimum absolute atomic E-state index is 0.260. The molecule has 4 nitrogen and oxygen atoms in total. The quantitative estimate of drug-likeness (QED) is 0.903. The Morgan fingerprint density at radius 1 is 1.43 bits per heavy atom. The molecule has 21 heavy (non-hydrogen) atoms. The van der Waals surface area contributed by atoms with Gasteiger partial charge in [-0.3, -0.25) is 4.90 Å². The topological polar surface area (TPSA) is 49.5 Å². The SMILES string of the molecule is CCc1cc([C@@H]2CCCN2Cc2cc(Br)ccc2O)on1. The molecule has 1 saturated heterocycles.